The van der Waals surface area contributed by atoms with E-state index in [1.807, 2.05) is 13.0 Å². The van der Waals surface area contributed by atoms with Crippen molar-refractivity contribution in [2.45, 2.75) is 20.0 Å². The molecule has 2 aromatic carbocycles. The van der Waals surface area contributed by atoms with Gasteiger partial charge in [-0.1, -0.05) is 12.1 Å². The second-order valence-corrected chi connectivity index (χ2v) is 6.51. The Kier molecular flexibility index (Phi) is 6.39. The number of anilines is 1. The van der Waals surface area contributed by atoms with Gasteiger partial charge in [0.1, 0.15) is 19.0 Å². The lowest BCUT2D eigenvalue weighted by atomic mass is 10.2. The number of nitrogens with one attached hydrogen (secondary N) is 1. The number of hydrogen-bond acceptors (Lipinski definition) is 6. The van der Waals surface area contributed by atoms with Gasteiger partial charge in [-0.05, 0) is 55.3 Å². The zero-order valence-corrected chi connectivity index (χ0v) is 16.6. The average Bonchev–Trinajstić information content (AvgIpc) is 2.72. The van der Waals surface area contributed by atoms with Crippen LogP contribution in [0.25, 0.3) is 6.08 Å². The molecular weight excluding hydrogens is 374 g/mol. The first kappa shape index (κ1) is 20.3. The summed E-state index contributed by atoms with van der Waals surface area (Å²) in [6.07, 6.45) is 1.88. The van der Waals surface area contributed by atoms with Crippen molar-refractivity contribution < 1.29 is 28.5 Å². The number of ether oxygens (including phenoxy) is 4. The zero-order chi connectivity index (χ0) is 20.8. The minimum Gasteiger partial charge on any atom is -0.495 e. The molecule has 7 heteroatoms. The van der Waals surface area contributed by atoms with Crippen LogP contribution in [0, 0.1) is 6.92 Å². The fourth-order valence-corrected chi connectivity index (χ4v) is 2.75. The number of methoxy groups -OCH3 is 1. The van der Waals surface area contributed by atoms with Crippen molar-refractivity contribution >= 4 is 23.6 Å². The van der Waals surface area contributed by atoms with Crippen LogP contribution in [0.3, 0.4) is 0 Å². The molecule has 0 aromatic heterocycles. The van der Waals surface area contributed by atoms with E-state index in [0.29, 0.717) is 36.1 Å². The number of aryl methyl sites for hydroxylation is 1. The van der Waals surface area contributed by atoms with Crippen molar-refractivity contribution in [2.75, 3.05) is 25.6 Å². The van der Waals surface area contributed by atoms with Gasteiger partial charge in [0.15, 0.2) is 17.6 Å². The molecule has 29 heavy (non-hydrogen) atoms. The molecule has 0 aliphatic carbocycles. The molecule has 1 N–H and O–H groups in total. The van der Waals surface area contributed by atoms with Gasteiger partial charge in [0.2, 0.25) is 0 Å². The van der Waals surface area contributed by atoms with Crippen molar-refractivity contribution in [2.24, 2.45) is 0 Å². The number of esters is 1. The summed E-state index contributed by atoms with van der Waals surface area (Å²) in [5.74, 6) is 0.758. The quantitative estimate of drug-likeness (QED) is 0.595. The number of benzene rings is 2. The third-order valence-electron chi connectivity index (χ3n) is 4.25. The Morgan fingerprint density at radius 2 is 1.86 bits per heavy atom. The smallest absolute Gasteiger partial charge is 0.331 e. The van der Waals surface area contributed by atoms with Crippen molar-refractivity contribution in [3.63, 3.8) is 0 Å². The van der Waals surface area contributed by atoms with E-state index in [9.17, 15) is 9.59 Å². The van der Waals surface area contributed by atoms with Crippen LogP contribution in [0.1, 0.15) is 18.1 Å². The molecule has 0 unspecified atom stereocenters. The van der Waals surface area contributed by atoms with Crippen LogP contribution in [0.15, 0.2) is 42.5 Å². The summed E-state index contributed by atoms with van der Waals surface area (Å²) in [6.45, 7) is 4.41. The van der Waals surface area contributed by atoms with Crippen molar-refractivity contribution in [1.82, 2.24) is 0 Å². The second kappa shape index (κ2) is 9.14. The topological polar surface area (TPSA) is 83.1 Å². The van der Waals surface area contributed by atoms with Crippen LogP contribution in [0.5, 0.6) is 17.2 Å². The molecule has 0 saturated heterocycles. The number of fused-ring (bicyclic) bond motifs is 1. The van der Waals surface area contributed by atoms with Crippen molar-refractivity contribution in [3.05, 3.63) is 53.6 Å². The number of hydrogen-bond donors (Lipinski definition) is 1. The number of rotatable bonds is 6. The monoisotopic (exact) mass is 397 g/mol. The van der Waals surface area contributed by atoms with Gasteiger partial charge in [-0.25, -0.2) is 4.79 Å². The molecule has 1 aliphatic rings. The third-order valence-corrected chi connectivity index (χ3v) is 4.25. The van der Waals surface area contributed by atoms with Gasteiger partial charge in [-0.2, -0.15) is 0 Å². The van der Waals surface area contributed by atoms with Crippen LogP contribution in [0.4, 0.5) is 5.69 Å². The van der Waals surface area contributed by atoms with Gasteiger partial charge in [-0.15, -0.1) is 0 Å². The molecule has 1 atom stereocenters. The first-order chi connectivity index (χ1) is 14.0. The van der Waals surface area contributed by atoms with Crippen molar-refractivity contribution in [1.29, 1.82) is 0 Å². The number of carbonyl (C=O) groups is 2. The lowest BCUT2D eigenvalue weighted by Crippen LogP contribution is -2.29. The number of carbonyl (C=O) groups excluding carboxylic acids is 2. The lowest BCUT2D eigenvalue weighted by Gasteiger charge is -2.18. The molecule has 0 spiro atoms. The van der Waals surface area contributed by atoms with E-state index in [1.54, 1.807) is 36.4 Å². The van der Waals surface area contributed by atoms with E-state index in [1.165, 1.54) is 20.1 Å². The molecule has 1 amide bonds. The summed E-state index contributed by atoms with van der Waals surface area (Å²) >= 11 is 0. The van der Waals surface area contributed by atoms with E-state index >= 15 is 0 Å². The van der Waals surface area contributed by atoms with E-state index in [-0.39, 0.29) is 0 Å². The van der Waals surface area contributed by atoms with E-state index in [0.717, 1.165) is 11.1 Å². The van der Waals surface area contributed by atoms with Gasteiger partial charge >= 0.3 is 5.97 Å². The molecule has 1 aliphatic heterocycles. The zero-order valence-electron chi connectivity index (χ0n) is 16.6. The minimum absolute atomic E-state index is 0.449. The summed E-state index contributed by atoms with van der Waals surface area (Å²) in [5.41, 5.74) is 2.24. The molecule has 0 fully saturated rings. The fraction of sp³-hybridized carbons (Fsp3) is 0.273. The highest BCUT2D eigenvalue weighted by Gasteiger charge is 2.18. The fourth-order valence-electron chi connectivity index (χ4n) is 2.75. The highest BCUT2D eigenvalue weighted by molar-refractivity contribution is 5.97. The SMILES string of the molecule is COc1ccc(C)cc1NC(=O)[C@H](C)OC(=O)/C=C/c1ccc2c(c1)OCCO2. The Labute approximate surface area is 169 Å². The highest BCUT2D eigenvalue weighted by Crippen LogP contribution is 2.31. The predicted molar refractivity (Wildman–Crippen MR) is 108 cm³/mol. The number of amides is 1. The van der Waals surface area contributed by atoms with Gasteiger partial charge in [0.05, 0.1) is 12.8 Å². The van der Waals surface area contributed by atoms with Gasteiger partial charge < -0.3 is 24.3 Å². The van der Waals surface area contributed by atoms with Gasteiger partial charge in [0.25, 0.3) is 5.91 Å². The van der Waals surface area contributed by atoms with Crippen LogP contribution < -0.4 is 19.5 Å². The van der Waals surface area contributed by atoms with Gasteiger partial charge in [-0.3, -0.25) is 4.79 Å². The Morgan fingerprint density at radius 3 is 2.62 bits per heavy atom. The Morgan fingerprint density at radius 1 is 1.10 bits per heavy atom. The van der Waals surface area contributed by atoms with Crippen LogP contribution in [0.2, 0.25) is 0 Å². The van der Waals surface area contributed by atoms with Crippen LogP contribution >= 0.6 is 0 Å². The molecule has 0 bridgehead atoms. The normalized spacial score (nSPS) is 13.6. The summed E-state index contributed by atoms with van der Waals surface area (Å²) < 4.78 is 21.4. The average molecular weight is 397 g/mol. The second-order valence-electron chi connectivity index (χ2n) is 6.51. The molecular formula is C22H23NO6. The molecule has 0 saturated carbocycles. The largest absolute Gasteiger partial charge is 0.495 e. The van der Waals surface area contributed by atoms with E-state index in [4.69, 9.17) is 18.9 Å². The predicted octanol–water partition coefficient (Wildman–Crippen LogP) is 3.36. The lowest BCUT2D eigenvalue weighted by molar-refractivity contribution is -0.148. The van der Waals surface area contributed by atoms with E-state index < -0.39 is 18.0 Å². The summed E-state index contributed by atoms with van der Waals surface area (Å²) in [5, 5.41) is 2.72. The molecule has 152 valence electrons. The maximum Gasteiger partial charge on any atom is 0.331 e. The molecule has 0 radical (unpaired) electrons. The van der Waals surface area contributed by atoms with Gasteiger partial charge in [0, 0.05) is 6.08 Å². The summed E-state index contributed by atoms with van der Waals surface area (Å²) in [4.78, 5) is 24.4. The first-order valence-electron chi connectivity index (χ1n) is 9.20. The Hall–Kier alpha value is -3.48. The third kappa shape index (κ3) is 5.28. The highest BCUT2D eigenvalue weighted by atomic mass is 16.6. The molecule has 1 heterocycles. The maximum atomic E-state index is 12.4. The van der Waals surface area contributed by atoms with Crippen LogP contribution in [-0.4, -0.2) is 38.3 Å². The minimum atomic E-state index is -0.974. The van der Waals surface area contributed by atoms with Crippen molar-refractivity contribution in [3.8, 4) is 17.2 Å². The van der Waals surface area contributed by atoms with Crippen LogP contribution in [-0.2, 0) is 14.3 Å². The van der Waals surface area contributed by atoms with E-state index in [2.05, 4.69) is 5.32 Å². The first-order valence-corrected chi connectivity index (χ1v) is 9.20. The summed E-state index contributed by atoms with van der Waals surface area (Å²) in [6, 6.07) is 10.8. The molecule has 2 aromatic rings. The molecule has 7 nitrogen and oxygen atoms in total. The molecule has 3 rings (SSSR count). The Bertz CT molecular complexity index is 937. The Balaban J connectivity index is 1.58. The maximum absolute atomic E-state index is 12.4. The summed E-state index contributed by atoms with van der Waals surface area (Å²) in [7, 11) is 1.52. The standard InChI is InChI=1S/C22H23NO6/c1-14-4-7-18(26-3)17(12-14)23-22(25)15(2)29-21(24)9-6-16-5-8-19-20(13-16)28-11-10-27-19/h4-9,12-13,15H,10-11H2,1-3H3,(H,23,25)/b9-6+/t15-/m0/s1.